The minimum absolute atomic E-state index is 0.554. The zero-order valence-corrected chi connectivity index (χ0v) is 8.43. The summed E-state index contributed by atoms with van der Waals surface area (Å²) in [5, 5.41) is 2.28. The Bertz CT molecular complexity index is 127. The van der Waals surface area contributed by atoms with Crippen LogP contribution in [0.1, 0.15) is 40.0 Å². The molecular formula is C9H21N3. The van der Waals surface area contributed by atoms with E-state index in [1.54, 1.807) is 0 Å². The lowest BCUT2D eigenvalue weighted by Crippen LogP contribution is -2.51. The minimum Gasteiger partial charge on any atom is -0.241 e. The van der Waals surface area contributed by atoms with Gasteiger partial charge in [-0.25, -0.2) is 10.4 Å². The summed E-state index contributed by atoms with van der Waals surface area (Å²) in [6.45, 7) is 7.81. The summed E-state index contributed by atoms with van der Waals surface area (Å²) >= 11 is 0. The van der Waals surface area contributed by atoms with Crippen LogP contribution in [-0.2, 0) is 0 Å². The van der Waals surface area contributed by atoms with Gasteiger partial charge in [0.1, 0.15) is 0 Å². The van der Waals surface area contributed by atoms with Crippen LogP contribution in [0.25, 0.3) is 0 Å². The second-order valence-electron chi connectivity index (χ2n) is 3.75. The smallest absolute Gasteiger partial charge is 0.0229 e. The number of nitrogens with one attached hydrogen (secondary N) is 2. The van der Waals surface area contributed by atoms with Gasteiger partial charge >= 0.3 is 0 Å². The van der Waals surface area contributed by atoms with Crippen LogP contribution in [0.5, 0.6) is 0 Å². The first kappa shape index (κ1) is 9.96. The highest BCUT2D eigenvalue weighted by molar-refractivity contribution is 4.71. The zero-order valence-electron chi connectivity index (χ0n) is 8.43. The Morgan fingerprint density at radius 1 is 1.58 bits per heavy atom. The maximum Gasteiger partial charge on any atom is 0.0229 e. The molecule has 0 aromatic heterocycles. The molecule has 1 aliphatic heterocycles. The molecule has 1 fully saturated rings. The zero-order chi connectivity index (χ0) is 8.97. The molecule has 0 aromatic rings. The number of rotatable bonds is 4. The second kappa shape index (κ2) is 4.80. The van der Waals surface area contributed by atoms with Crippen LogP contribution in [0.3, 0.4) is 0 Å². The highest BCUT2D eigenvalue weighted by Gasteiger charge is 2.19. The molecule has 1 rings (SSSR count). The highest BCUT2D eigenvalue weighted by Crippen LogP contribution is 2.12. The maximum absolute atomic E-state index is 3.28. The third kappa shape index (κ3) is 2.73. The van der Waals surface area contributed by atoms with Crippen molar-refractivity contribution in [3.05, 3.63) is 0 Å². The van der Waals surface area contributed by atoms with Crippen LogP contribution in [0.4, 0.5) is 0 Å². The van der Waals surface area contributed by atoms with Crippen LogP contribution in [0.15, 0.2) is 0 Å². The van der Waals surface area contributed by atoms with Gasteiger partial charge in [-0.05, 0) is 33.1 Å². The van der Waals surface area contributed by atoms with Gasteiger partial charge in [0.25, 0.3) is 0 Å². The molecule has 0 amide bonds. The summed E-state index contributed by atoms with van der Waals surface area (Å²) in [4.78, 5) is 0. The van der Waals surface area contributed by atoms with E-state index >= 15 is 0 Å². The first-order valence-electron chi connectivity index (χ1n) is 5.02. The third-order valence-corrected chi connectivity index (χ3v) is 2.62. The fourth-order valence-electron chi connectivity index (χ4n) is 1.39. The number of hydrogen-bond donors (Lipinski definition) is 2. The van der Waals surface area contributed by atoms with Crippen LogP contribution in [0, 0.1) is 0 Å². The molecule has 1 aliphatic rings. The fraction of sp³-hybridized carbons (Fsp3) is 1.00. The third-order valence-electron chi connectivity index (χ3n) is 2.62. The van der Waals surface area contributed by atoms with Gasteiger partial charge in [0.05, 0.1) is 0 Å². The van der Waals surface area contributed by atoms with Gasteiger partial charge in [-0.15, -0.1) is 0 Å². The molecule has 0 saturated carbocycles. The number of hydrogen-bond acceptors (Lipinski definition) is 3. The van der Waals surface area contributed by atoms with E-state index in [9.17, 15) is 0 Å². The van der Waals surface area contributed by atoms with E-state index in [0.29, 0.717) is 12.1 Å². The van der Waals surface area contributed by atoms with E-state index in [1.165, 1.54) is 19.4 Å². The Kier molecular flexibility index (Phi) is 3.98. The molecule has 1 saturated heterocycles. The quantitative estimate of drug-likeness (QED) is 0.624. The summed E-state index contributed by atoms with van der Waals surface area (Å²) < 4.78 is 0. The molecule has 0 aliphatic carbocycles. The lowest BCUT2D eigenvalue weighted by atomic mass is 10.3. The van der Waals surface area contributed by atoms with E-state index in [1.807, 2.05) is 0 Å². The molecule has 2 N–H and O–H groups in total. The van der Waals surface area contributed by atoms with E-state index in [0.717, 1.165) is 6.42 Å². The van der Waals surface area contributed by atoms with Crippen LogP contribution < -0.4 is 11.0 Å². The molecule has 0 aromatic carbocycles. The van der Waals surface area contributed by atoms with Gasteiger partial charge < -0.3 is 0 Å². The average Bonchev–Trinajstić information content (AvgIpc) is 2.47. The van der Waals surface area contributed by atoms with Crippen molar-refractivity contribution in [3.63, 3.8) is 0 Å². The SMILES string of the molecule is CCC(C)NNN1CCCC1C. The van der Waals surface area contributed by atoms with E-state index in [-0.39, 0.29) is 0 Å². The van der Waals surface area contributed by atoms with Crippen molar-refractivity contribution in [2.45, 2.75) is 52.1 Å². The fourth-order valence-corrected chi connectivity index (χ4v) is 1.39. The molecule has 2 atom stereocenters. The highest BCUT2D eigenvalue weighted by atomic mass is 15.7. The molecule has 12 heavy (non-hydrogen) atoms. The number of hydrazine groups is 2. The van der Waals surface area contributed by atoms with Crippen LogP contribution in [0.2, 0.25) is 0 Å². The Balaban J connectivity index is 2.13. The Morgan fingerprint density at radius 2 is 2.33 bits per heavy atom. The van der Waals surface area contributed by atoms with Crippen molar-refractivity contribution in [2.75, 3.05) is 6.54 Å². The van der Waals surface area contributed by atoms with Crippen LogP contribution >= 0.6 is 0 Å². The van der Waals surface area contributed by atoms with Crippen molar-refractivity contribution in [3.8, 4) is 0 Å². The van der Waals surface area contributed by atoms with Gasteiger partial charge in [0.15, 0.2) is 0 Å². The van der Waals surface area contributed by atoms with Gasteiger partial charge in [-0.3, -0.25) is 0 Å². The second-order valence-corrected chi connectivity index (χ2v) is 3.75. The molecule has 3 heteroatoms. The summed E-state index contributed by atoms with van der Waals surface area (Å²) in [5.74, 6) is 0. The van der Waals surface area contributed by atoms with E-state index in [4.69, 9.17) is 0 Å². The lowest BCUT2D eigenvalue weighted by molar-refractivity contribution is 0.133. The Morgan fingerprint density at radius 3 is 2.83 bits per heavy atom. The predicted octanol–water partition coefficient (Wildman–Crippen LogP) is 1.28. The van der Waals surface area contributed by atoms with Crippen LogP contribution in [-0.4, -0.2) is 23.6 Å². The topological polar surface area (TPSA) is 27.3 Å². The van der Waals surface area contributed by atoms with Crippen molar-refractivity contribution in [2.24, 2.45) is 0 Å². The molecule has 0 bridgehead atoms. The first-order chi connectivity index (χ1) is 5.74. The summed E-state index contributed by atoms with van der Waals surface area (Å²) in [6, 6.07) is 1.24. The van der Waals surface area contributed by atoms with Gasteiger partial charge in [0.2, 0.25) is 0 Å². The maximum atomic E-state index is 3.28. The lowest BCUT2D eigenvalue weighted by Gasteiger charge is -2.24. The molecule has 72 valence electrons. The van der Waals surface area contributed by atoms with E-state index in [2.05, 4.69) is 36.7 Å². The standard InChI is InChI=1S/C9H21N3/c1-4-8(2)10-11-12-7-5-6-9(12)3/h8-11H,4-7H2,1-3H3. The van der Waals surface area contributed by atoms with Crippen molar-refractivity contribution in [1.29, 1.82) is 0 Å². The molecule has 3 nitrogen and oxygen atoms in total. The number of nitrogens with zero attached hydrogens (tertiary/aromatic N) is 1. The molecule has 2 unspecified atom stereocenters. The Labute approximate surface area is 75.5 Å². The van der Waals surface area contributed by atoms with Gasteiger partial charge in [0, 0.05) is 18.6 Å². The molecular weight excluding hydrogens is 150 g/mol. The molecule has 1 heterocycles. The minimum atomic E-state index is 0.554. The summed E-state index contributed by atoms with van der Waals surface area (Å²) in [6.07, 6.45) is 3.79. The van der Waals surface area contributed by atoms with Crippen molar-refractivity contribution >= 4 is 0 Å². The Hall–Kier alpha value is -0.120. The van der Waals surface area contributed by atoms with E-state index < -0.39 is 0 Å². The predicted molar refractivity (Wildman–Crippen MR) is 51.4 cm³/mol. The molecule has 0 radical (unpaired) electrons. The molecule has 0 spiro atoms. The van der Waals surface area contributed by atoms with Crippen molar-refractivity contribution < 1.29 is 0 Å². The summed E-state index contributed by atoms with van der Waals surface area (Å²) in [5.41, 5.74) is 6.55. The van der Waals surface area contributed by atoms with Gasteiger partial charge in [-0.2, -0.15) is 5.53 Å². The largest absolute Gasteiger partial charge is 0.241 e. The average molecular weight is 171 g/mol. The first-order valence-corrected chi connectivity index (χ1v) is 5.02. The normalized spacial score (nSPS) is 27.8. The van der Waals surface area contributed by atoms with Crippen molar-refractivity contribution in [1.82, 2.24) is 16.0 Å². The summed E-state index contributed by atoms with van der Waals surface area (Å²) in [7, 11) is 0. The van der Waals surface area contributed by atoms with Gasteiger partial charge in [-0.1, -0.05) is 6.92 Å². The monoisotopic (exact) mass is 171 g/mol.